The largest absolute Gasteiger partial charge is 0.493 e. The van der Waals surface area contributed by atoms with Crippen molar-refractivity contribution < 1.29 is 4.74 Å². The highest BCUT2D eigenvalue weighted by atomic mass is 16.5. The molecule has 2 aromatic rings. The van der Waals surface area contributed by atoms with Crippen molar-refractivity contribution in [2.24, 2.45) is 0 Å². The van der Waals surface area contributed by atoms with Crippen LogP contribution < -0.4 is 10.3 Å². The fraction of sp³-hybridized carbons (Fsp3) is 0.333. The van der Waals surface area contributed by atoms with Crippen LogP contribution in [-0.4, -0.2) is 16.6 Å². The van der Waals surface area contributed by atoms with E-state index in [-0.39, 0.29) is 5.56 Å². The summed E-state index contributed by atoms with van der Waals surface area (Å²) in [7, 11) is 0. The van der Waals surface area contributed by atoms with E-state index in [9.17, 15) is 4.79 Å². The fourth-order valence-corrected chi connectivity index (χ4v) is 2.09. The standard InChI is InChI=1S/C15H18N2O2/c1-3-7-12-14(16-10-17-15(12)18)11-8-5-6-9-13(11)19-4-2/h5-6,8-10H,3-4,7H2,1-2H3,(H,16,17,18). The number of nitrogens with zero attached hydrogens (tertiary/aromatic N) is 1. The summed E-state index contributed by atoms with van der Waals surface area (Å²) >= 11 is 0. The minimum absolute atomic E-state index is 0.0712. The van der Waals surface area contributed by atoms with E-state index in [1.807, 2.05) is 38.1 Å². The van der Waals surface area contributed by atoms with Gasteiger partial charge in [0.1, 0.15) is 5.75 Å². The Labute approximate surface area is 112 Å². The van der Waals surface area contributed by atoms with Crippen molar-refractivity contribution in [3.05, 3.63) is 46.5 Å². The van der Waals surface area contributed by atoms with Crippen LogP contribution in [0.4, 0.5) is 0 Å². The molecule has 1 N–H and O–H groups in total. The molecule has 0 aliphatic heterocycles. The van der Waals surface area contributed by atoms with Gasteiger partial charge in [-0.2, -0.15) is 0 Å². The molecule has 0 saturated carbocycles. The average molecular weight is 258 g/mol. The molecule has 0 unspecified atom stereocenters. The Balaban J connectivity index is 2.58. The molecular weight excluding hydrogens is 240 g/mol. The predicted octanol–water partition coefficient (Wildman–Crippen LogP) is 2.79. The van der Waals surface area contributed by atoms with Gasteiger partial charge in [0.2, 0.25) is 0 Å². The molecule has 1 aromatic heterocycles. The minimum atomic E-state index is -0.0712. The Morgan fingerprint density at radius 2 is 2.05 bits per heavy atom. The van der Waals surface area contributed by atoms with Crippen molar-refractivity contribution in [2.75, 3.05) is 6.61 Å². The Kier molecular flexibility index (Phi) is 4.34. The van der Waals surface area contributed by atoms with E-state index in [0.29, 0.717) is 13.0 Å². The summed E-state index contributed by atoms with van der Waals surface area (Å²) in [6.07, 6.45) is 3.05. The first-order chi connectivity index (χ1) is 9.27. The van der Waals surface area contributed by atoms with Gasteiger partial charge in [0, 0.05) is 11.1 Å². The number of nitrogens with one attached hydrogen (secondary N) is 1. The first-order valence-corrected chi connectivity index (χ1v) is 6.56. The first-order valence-electron chi connectivity index (χ1n) is 6.56. The highest BCUT2D eigenvalue weighted by Gasteiger charge is 2.13. The van der Waals surface area contributed by atoms with Crippen LogP contribution in [0.1, 0.15) is 25.8 Å². The van der Waals surface area contributed by atoms with Gasteiger partial charge in [-0.3, -0.25) is 4.79 Å². The molecule has 1 aromatic carbocycles. The maximum absolute atomic E-state index is 11.9. The SMILES string of the molecule is CCCc1c(-c2ccccc2OCC)nc[nH]c1=O. The van der Waals surface area contributed by atoms with Crippen molar-refractivity contribution in [1.82, 2.24) is 9.97 Å². The number of hydrogen-bond acceptors (Lipinski definition) is 3. The predicted molar refractivity (Wildman–Crippen MR) is 75.5 cm³/mol. The third kappa shape index (κ3) is 2.84. The third-order valence-electron chi connectivity index (χ3n) is 2.89. The number of ether oxygens (including phenoxy) is 1. The van der Waals surface area contributed by atoms with E-state index >= 15 is 0 Å². The van der Waals surface area contributed by atoms with Gasteiger partial charge >= 0.3 is 0 Å². The Bertz CT molecular complexity index is 605. The maximum atomic E-state index is 11.9. The van der Waals surface area contributed by atoms with E-state index in [1.54, 1.807) is 0 Å². The quantitative estimate of drug-likeness (QED) is 0.897. The molecule has 100 valence electrons. The van der Waals surface area contributed by atoms with Gasteiger partial charge in [-0.15, -0.1) is 0 Å². The van der Waals surface area contributed by atoms with Crippen LogP contribution in [0.2, 0.25) is 0 Å². The maximum Gasteiger partial charge on any atom is 0.254 e. The molecule has 0 atom stereocenters. The van der Waals surface area contributed by atoms with Gasteiger partial charge in [0.25, 0.3) is 5.56 Å². The molecule has 0 bridgehead atoms. The lowest BCUT2D eigenvalue weighted by atomic mass is 10.0. The Morgan fingerprint density at radius 1 is 1.26 bits per heavy atom. The second-order valence-electron chi connectivity index (χ2n) is 4.24. The summed E-state index contributed by atoms with van der Waals surface area (Å²) < 4.78 is 5.61. The summed E-state index contributed by atoms with van der Waals surface area (Å²) in [5.41, 5.74) is 2.24. The van der Waals surface area contributed by atoms with E-state index < -0.39 is 0 Å². The van der Waals surface area contributed by atoms with Crippen molar-refractivity contribution in [3.8, 4) is 17.0 Å². The zero-order valence-electron chi connectivity index (χ0n) is 11.3. The lowest BCUT2D eigenvalue weighted by molar-refractivity contribution is 0.341. The summed E-state index contributed by atoms with van der Waals surface area (Å²) in [5.74, 6) is 0.764. The molecule has 4 nitrogen and oxygen atoms in total. The van der Waals surface area contributed by atoms with E-state index in [0.717, 1.165) is 29.0 Å². The first kappa shape index (κ1) is 13.3. The van der Waals surface area contributed by atoms with E-state index in [4.69, 9.17) is 4.74 Å². The summed E-state index contributed by atoms with van der Waals surface area (Å²) in [4.78, 5) is 18.9. The minimum Gasteiger partial charge on any atom is -0.493 e. The number of aromatic amines is 1. The van der Waals surface area contributed by atoms with E-state index in [1.165, 1.54) is 6.33 Å². The van der Waals surface area contributed by atoms with Crippen LogP contribution >= 0.6 is 0 Å². The topological polar surface area (TPSA) is 55.0 Å². The second kappa shape index (κ2) is 6.18. The molecule has 0 spiro atoms. The summed E-state index contributed by atoms with van der Waals surface area (Å²) in [5, 5.41) is 0. The number of H-pyrrole nitrogens is 1. The third-order valence-corrected chi connectivity index (χ3v) is 2.89. The van der Waals surface area contributed by atoms with Gasteiger partial charge in [0.05, 0.1) is 18.6 Å². The lowest BCUT2D eigenvalue weighted by Gasteiger charge is -2.11. The number of para-hydroxylation sites is 1. The van der Waals surface area contributed by atoms with Crippen molar-refractivity contribution >= 4 is 0 Å². The van der Waals surface area contributed by atoms with Gasteiger partial charge in [-0.05, 0) is 25.5 Å². The van der Waals surface area contributed by atoms with Crippen LogP contribution in [0.5, 0.6) is 5.75 Å². The van der Waals surface area contributed by atoms with Crippen LogP contribution in [0.25, 0.3) is 11.3 Å². The number of benzene rings is 1. The molecule has 0 aliphatic carbocycles. The van der Waals surface area contributed by atoms with Crippen molar-refractivity contribution in [1.29, 1.82) is 0 Å². The molecule has 0 aliphatic rings. The van der Waals surface area contributed by atoms with Gasteiger partial charge in [-0.1, -0.05) is 25.5 Å². The molecule has 0 saturated heterocycles. The lowest BCUT2D eigenvalue weighted by Crippen LogP contribution is -2.15. The zero-order chi connectivity index (χ0) is 13.7. The second-order valence-corrected chi connectivity index (χ2v) is 4.24. The molecule has 19 heavy (non-hydrogen) atoms. The Morgan fingerprint density at radius 3 is 2.79 bits per heavy atom. The molecule has 0 fully saturated rings. The smallest absolute Gasteiger partial charge is 0.254 e. The van der Waals surface area contributed by atoms with Gasteiger partial charge < -0.3 is 9.72 Å². The number of aromatic nitrogens is 2. The molecule has 1 heterocycles. The fourth-order valence-electron chi connectivity index (χ4n) is 2.09. The van der Waals surface area contributed by atoms with Gasteiger partial charge in [-0.25, -0.2) is 4.98 Å². The zero-order valence-corrected chi connectivity index (χ0v) is 11.3. The monoisotopic (exact) mass is 258 g/mol. The molecule has 0 amide bonds. The highest BCUT2D eigenvalue weighted by Crippen LogP contribution is 2.29. The Hall–Kier alpha value is -2.10. The van der Waals surface area contributed by atoms with Crippen molar-refractivity contribution in [3.63, 3.8) is 0 Å². The summed E-state index contributed by atoms with van der Waals surface area (Å²) in [6, 6.07) is 7.68. The number of rotatable bonds is 5. The highest BCUT2D eigenvalue weighted by molar-refractivity contribution is 5.69. The van der Waals surface area contributed by atoms with Crippen LogP contribution in [0.15, 0.2) is 35.4 Å². The molecule has 4 heteroatoms. The number of hydrogen-bond donors (Lipinski definition) is 1. The van der Waals surface area contributed by atoms with Crippen LogP contribution in [0.3, 0.4) is 0 Å². The summed E-state index contributed by atoms with van der Waals surface area (Å²) in [6.45, 7) is 4.57. The van der Waals surface area contributed by atoms with Crippen LogP contribution in [-0.2, 0) is 6.42 Å². The van der Waals surface area contributed by atoms with E-state index in [2.05, 4.69) is 9.97 Å². The molecule has 0 radical (unpaired) electrons. The van der Waals surface area contributed by atoms with Gasteiger partial charge in [0.15, 0.2) is 0 Å². The molecular formula is C15H18N2O2. The normalized spacial score (nSPS) is 10.4. The van der Waals surface area contributed by atoms with Crippen molar-refractivity contribution in [2.45, 2.75) is 26.7 Å². The molecule has 2 rings (SSSR count). The van der Waals surface area contributed by atoms with Crippen LogP contribution in [0, 0.1) is 0 Å². The average Bonchev–Trinajstić information content (AvgIpc) is 2.42.